The van der Waals surface area contributed by atoms with Gasteiger partial charge in [0.05, 0.1) is 12.5 Å². The van der Waals surface area contributed by atoms with Crippen molar-refractivity contribution in [3.63, 3.8) is 0 Å². The highest BCUT2D eigenvalue weighted by atomic mass is 16.4. The van der Waals surface area contributed by atoms with E-state index < -0.39 is 5.97 Å². The van der Waals surface area contributed by atoms with Gasteiger partial charge >= 0.3 is 12.0 Å². The van der Waals surface area contributed by atoms with E-state index >= 15 is 0 Å². The van der Waals surface area contributed by atoms with Gasteiger partial charge in [0.25, 0.3) is 0 Å². The summed E-state index contributed by atoms with van der Waals surface area (Å²) in [6.07, 6.45) is 4.33. The molecule has 1 saturated heterocycles. The van der Waals surface area contributed by atoms with Crippen LogP contribution in [-0.2, 0) is 4.79 Å². The summed E-state index contributed by atoms with van der Waals surface area (Å²) in [4.78, 5) is 24.5. The average molecular weight is 298 g/mol. The largest absolute Gasteiger partial charge is 0.481 e. The Hall–Kier alpha value is -1.30. The zero-order valence-corrected chi connectivity index (χ0v) is 12.6. The topological polar surface area (TPSA) is 89.9 Å². The number of hydrogen-bond donors (Lipinski definition) is 3. The predicted molar refractivity (Wildman–Crippen MR) is 77.9 cm³/mol. The minimum atomic E-state index is -0.912. The first-order valence-corrected chi connectivity index (χ1v) is 7.93. The van der Waals surface area contributed by atoms with Crippen LogP contribution in [-0.4, -0.2) is 52.3 Å². The SMILES string of the molecule is CC1CCC(O)C(C2CCCN2C(=O)NCCC(=O)O)C1. The van der Waals surface area contributed by atoms with Crippen LogP contribution < -0.4 is 5.32 Å². The molecule has 0 spiro atoms. The van der Waals surface area contributed by atoms with E-state index in [2.05, 4.69) is 12.2 Å². The van der Waals surface area contributed by atoms with Crippen LogP contribution in [0, 0.1) is 11.8 Å². The number of likely N-dealkylation sites (tertiary alicyclic amines) is 1. The molecule has 4 unspecified atom stereocenters. The summed E-state index contributed by atoms with van der Waals surface area (Å²) in [6, 6.07) is -0.100. The van der Waals surface area contributed by atoms with Gasteiger partial charge in [-0.15, -0.1) is 0 Å². The molecule has 1 aliphatic carbocycles. The number of nitrogens with one attached hydrogen (secondary N) is 1. The van der Waals surface area contributed by atoms with Crippen molar-refractivity contribution in [3.8, 4) is 0 Å². The summed E-state index contributed by atoms with van der Waals surface area (Å²) < 4.78 is 0. The van der Waals surface area contributed by atoms with E-state index in [0.29, 0.717) is 12.5 Å². The minimum Gasteiger partial charge on any atom is -0.481 e. The number of hydrogen-bond acceptors (Lipinski definition) is 3. The number of aliphatic hydroxyl groups excluding tert-OH is 1. The van der Waals surface area contributed by atoms with Gasteiger partial charge in [-0.3, -0.25) is 4.79 Å². The van der Waals surface area contributed by atoms with E-state index in [1.807, 2.05) is 0 Å². The third-order valence-electron chi connectivity index (χ3n) is 4.79. The summed E-state index contributed by atoms with van der Waals surface area (Å²) in [6.45, 7) is 3.05. The van der Waals surface area contributed by atoms with E-state index in [9.17, 15) is 14.7 Å². The first-order chi connectivity index (χ1) is 9.99. The summed E-state index contributed by atoms with van der Waals surface area (Å²) >= 11 is 0. The van der Waals surface area contributed by atoms with Gasteiger partial charge in [0.15, 0.2) is 0 Å². The van der Waals surface area contributed by atoms with E-state index in [1.54, 1.807) is 4.90 Å². The molecule has 0 aromatic rings. The van der Waals surface area contributed by atoms with Crippen molar-refractivity contribution in [2.75, 3.05) is 13.1 Å². The maximum atomic E-state index is 12.2. The summed E-state index contributed by atoms with van der Waals surface area (Å²) in [5, 5.41) is 21.5. The number of rotatable bonds is 4. The zero-order chi connectivity index (χ0) is 15.4. The molecule has 0 aromatic carbocycles. The van der Waals surface area contributed by atoms with Crippen molar-refractivity contribution < 1.29 is 19.8 Å². The average Bonchev–Trinajstić information content (AvgIpc) is 2.90. The Morgan fingerprint density at radius 3 is 2.76 bits per heavy atom. The van der Waals surface area contributed by atoms with E-state index in [4.69, 9.17) is 5.11 Å². The highest BCUT2D eigenvalue weighted by Crippen LogP contribution is 2.37. The molecule has 1 aliphatic heterocycles. The molecule has 4 atom stereocenters. The Kier molecular flexibility index (Phi) is 5.45. The molecular formula is C15H26N2O4. The number of urea groups is 1. The first kappa shape index (κ1) is 16.1. The standard InChI is InChI=1S/C15H26N2O4/c1-10-4-5-13(18)11(9-10)12-3-2-8-17(12)15(21)16-7-6-14(19)20/h10-13,18H,2-9H2,1H3,(H,16,21)(H,19,20). The fourth-order valence-electron chi connectivity index (χ4n) is 3.69. The van der Waals surface area contributed by atoms with Crippen molar-refractivity contribution in [1.29, 1.82) is 0 Å². The molecule has 2 aliphatic rings. The van der Waals surface area contributed by atoms with Gasteiger partial charge in [-0.1, -0.05) is 6.92 Å². The van der Waals surface area contributed by atoms with E-state index in [0.717, 1.165) is 32.1 Å². The zero-order valence-electron chi connectivity index (χ0n) is 12.6. The molecule has 0 aromatic heterocycles. The van der Waals surface area contributed by atoms with E-state index in [1.165, 1.54) is 0 Å². The first-order valence-electron chi connectivity index (χ1n) is 7.93. The Morgan fingerprint density at radius 1 is 1.29 bits per heavy atom. The lowest BCUT2D eigenvalue weighted by Gasteiger charge is -2.39. The molecule has 2 fully saturated rings. The number of aliphatic carboxylic acids is 1. The van der Waals surface area contributed by atoms with Gasteiger partial charge in [0.2, 0.25) is 0 Å². The van der Waals surface area contributed by atoms with Crippen LogP contribution >= 0.6 is 0 Å². The number of amides is 2. The van der Waals surface area contributed by atoms with Gasteiger partial charge < -0.3 is 20.4 Å². The monoisotopic (exact) mass is 298 g/mol. The molecule has 2 amide bonds. The fraction of sp³-hybridized carbons (Fsp3) is 0.867. The number of aliphatic hydroxyl groups is 1. The lowest BCUT2D eigenvalue weighted by atomic mass is 9.76. The van der Waals surface area contributed by atoms with Gasteiger partial charge in [0, 0.05) is 25.0 Å². The molecule has 21 heavy (non-hydrogen) atoms. The van der Waals surface area contributed by atoms with Crippen LogP contribution in [0.15, 0.2) is 0 Å². The number of carbonyl (C=O) groups excluding carboxylic acids is 1. The second kappa shape index (κ2) is 7.11. The summed E-state index contributed by atoms with van der Waals surface area (Å²) in [5.74, 6) is -0.165. The number of carboxylic acids is 1. The molecular weight excluding hydrogens is 272 g/mol. The maximum absolute atomic E-state index is 12.2. The summed E-state index contributed by atoms with van der Waals surface area (Å²) in [5.41, 5.74) is 0. The van der Waals surface area contributed by atoms with Crippen LogP contribution in [0.5, 0.6) is 0 Å². The maximum Gasteiger partial charge on any atom is 0.317 e. The normalized spacial score (nSPS) is 33.0. The molecule has 0 bridgehead atoms. The lowest BCUT2D eigenvalue weighted by Crippen LogP contribution is -2.49. The van der Waals surface area contributed by atoms with Gasteiger partial charge in [-0.2, -0.15) is 0 Å². The Labute approximate surface area is 125 Å². The molecule has 0 radical (unpaired) electrons. The van der Waals surface area contributed by atoms with Crippen LogP contribution in [0.1, 0.15) is 45.4 Å². The second-order valence-corrected chi connectivity index (χ2v) is 6.43. The summed E-state index contributed by atoms with van der Waals surface area (Å²) in [7, 11) is 0. The molecule has 120 valence electrons. The highest BCUT2D eigenvalue weighted by molar-refractivity contribution is 5.75. The van der Waals surface area contributed by atoms with Crippen LogP contribution in [0.4, 0.5) is 4.79 Å². The second-order valence-electron chi connectivity index (χ2n) is 6.43. The van der Waals surface area contributed by atoms with Gasteiger partial charge in [-0.05, 0) is 38.0 Å². The van der Waals surface area contributed by atoms with Crippen molar-refractivity contribution in [2.45, 2.75) is 57.6 Å². The Morgan fingerprint density at radius 2 is 2.05 bits per heavy atom. The molecule has 6 heteroatoms. The lowest BCUT2D eigenvalue weighted by molar-refractivity contribution is -0.136. The van der Waals surface area contributed by atoms with Crippen molar-refractivity contribution in [3.05, 3.63) is 0 Å². The quantitative estimate of drug-likeness (QED) is 0.732. The van der Waals surface area contributed by atoms with Crippen LogP contribution in [0.3, 0.4) is 0 Å². The van der Waals surface area contributed by atoms with Gasteiger partial charge in [-0.25, -0.2) is 4.79 Å². The van der Waals surface area contributed by atoms with Crippen molar-refractivity contribution in [1.82, 2.24) is 10.2 Å². The smallest absolute Gasteiger partial charge is 0.317 e. The molecule has 6 nitrogen and oxygen atoms in total. The minimum absolute atomic E-state index is 0.0622. The van der Waals surface area contributed by atoms with E-state index in [-0.39, 0.29) is 37.1 Å². The van der Waals surface area contributed by atoms with Crippen LogP contribution in [0.25, 0.3) is 0 Å². The molecule has 1 saturated carbocycles. The Balaban J connectivity index is 1.92. The number of nitrogens with zero attached hydrogens (tertiary/aromatic N) is 1. The van der Waals surface area contributed by atoms with Crippen LogP contribution in [0.2, 0.25) is 0 Å². The Bertz CT molecular complexity index is 388. The molecule has 3 N–H and O–H groups in total. The number of carboxylic acid groups (broad SMARTS) is 1. The predicted octanol–water partition coefficient (Wildman–Crippen LogP) is 1.43. The third kappa shape index (κ3) is 4.09. The number of carbonyl (C=O) groups is 2. The fourth-order valence-corrected chi connectivity index (χ4v) is 3.69. The highest BCUT2D eigenvalue weighted by Gasteiger charge is 2.40. The molecule has 1 heterocycles. The third-order valence-corrected chi connectivity index (χ3v) is 4.79. The van der Waals surface area contributed by atoms with Crippen molar-refractivity contribution in [2.24, 2.45) is 11.8 Å². The van der Waals surface area contributed by atoms with Crippen molar-refractivity contribution >= 4 is 12.0 Å². The molecule has 2 rings (SSSR count). The van der Waals surface area contributed by atoms with Gasteiger partial charge in [0.1, 0.15) is 0 Å².